The van der Waals surface area contributed by atoms with Gasteiger partial charge >= 0.3 is 0 Å². The van der Waals surface area contributed by atoms with Gasteiger partial charge in [0.25, 0.3) is 0 Å². The molecule has 22 heavy (non-hydrogen) atoms. The quantitative estimate of drug-likeness (QED) is 0.732. The van der Waals surface area contributed by atoms with Crippen molar-refractivity contribution in [1.29, 1.82) is 0 Å². The van der Waals surface area contributed by atoms with Gasteiger partial charge in [-0.25, -0.2) is 0 Å². The molecule has 0 bridgehead atoms. The molecule has 2 rings (SSSR count). The minimum atomic E-state index is -0.211. The molecule has 1 aliphatic carbocycles. The fourth-order valence-corrected chi connectivity index (χ4v) is 3.36. The van der Waals surface area contributed by atoms with Crippen molar-refractivity contribution in [2.75, 3.05) is 19.6 Å². The predicted octanol–water partition coefficient (Wildman–Crippen LogP) is 1.58. The maximum atomic E-state index is 12.2. The van der Waals surface area contributed by atoms with Gasteiger partial charge in [-0.1, -0.05) is 11.6 Å². The molecule has 1 saturated heterocycles. The first-order chi connectivity index (χ1) is 10.6. The number of hydrogen-bond acceptors (Lipinski definition) is 3. The Bertz CT molecular complexity index is 426. The van der Waals surface area contributed by atoms with E-state index in [1.54, 1.807) is 0 Å². The number of nitrogens with zero attached hydrogens (tertiary/aromatic N) is 1. The normalized spacial score (nSPS) is 22.0. The summed E-state index contributed by atoms with van der Waals surface area (Å²) in [7, 11) is 0. The van der Waals surface area contributed by atoms with Crippen LogP contribution >= 0.6 is 0 Å². The van der Waals surface area contributed by atoms with Crippen molar-refractivity contribution in [1.82, 2.24) is 10.2 Å². The average Bonchev–Trinajstić information content (AvgIpc) is 2.55. The Hall–Kier alpha value is -1.36. The van der Waals surface area contributed by atoms with Crippen LogP contribution in [-0.2, 0) is 9.59 Å². The molecule has 124 valence electrons. The monoisotopic (exact) mass is 307 g/mol. The van der Waals surface area contributed by atoms with E-state index in [2.05, 4.69) is 16.3 Å². The van der Waals surface area contributed by atoms with Gasteiger partial charge in [-0.3, -0.25) is 14.5 Å². The van der Waals surface area contributed by atoms with Gasteiger partial charge in [0.05, 0.1) is 6.04 Å². The number of allylic oxidation sites excluding steroid dienone is 1. The number of primary amides is 1. The number of carbonyl (C=O) groups excluding carboxylic acids is 2. The van der Waals surface area contributed by atoms with Gasteiger partial charge in [-0.15, -0.1) is 0 Å². The molecule has 1 atom stereocenters. The summed E-state index contributed by atoms with van der Waals surface area (Å²) in [5.74, 6) is -0.142. The van der Waals surface area contributed by atoms with Crippen LogP contribution in [-0.4, -0.2) is 42.4 Å². The summed E-state index contributed by atoms with van der Waals surface area (Å²) in [6.07, 6.45) is 9.79. The molecule has 1 heterocycles. The summed E-state index contributed by atoms with van der Waals surface area (Å²) in [5.41, 5.74) is 6.83. The fourth-order valence-electron chi connectivity index (χ4n) is 3.36. The van der Waals surface area contributed by atoms with Crippen molar-refractivity contribution < 1.29 is 9.59 Å². The van der Waals surface area contributed by atoms with E-state index < -0.39 is 0 Å². The molecule has 0 aromatic carbocycles. The molecular formula is C17H29N3O2. The van der Waals surface area contributed by atoms with Crippen molar-refractivity contribution >= 4 is 11.8 Å². The highest BCUT2D eigenvalue weighted by Crippen LogP contribution is 2.20. The Labute approximate surface area is 133 Å². The molecule has 5 heteroatoms. The Morgan fingerprint density at radius 3 is 2.68 bits per heavy atom. The summed E-state index contributed by atoms with van der Waals surface area (Å²) < 4.78 is 0. The van der Waals surface area contributed by atoms with Crippen LogP contribution in [0.5, 0.6) is 0 Å². The lowest BCUT2D eigenvalue weighted by Gasteiger charge is -2.34. The van der Waals surface area contributed by atoms with Gasteiger partial charge in [0.15, 0.2) is 0 Å². The van der Waals surface area contributed by atoms with Crippen LogP contribution in [0.2, 0.25) is 0 Å². The molecule has 1 aliphatic heterocycles. The Kier molecular flexibility index (Phi) is 6.43. The summed E-state index contributed by atoms with van der Waals surface area (Å²) in [5, 5.41) is 3.05. The van der Waals surface area contributed by atoms with Crippen LogP contribution in [0.1, 0.15) is 51.9 Å². The minimum absolute atomic E-state index is 0.0234. The molecule has 5 nitrogen and oxygen atoms in total. The first kappa shape index (κ1) is 17.0. The number of nitrogens with two attached hydrogens (primary N) is 1. The summed E-state index contributed by atoms with van der Waals surface area (Å²) in [6.45, 7) is 4.22. The standard InChI is InChI=1S/C17H29N3O2/c1-13(20-11-8-15(9-12-20)16(18)21)17(22)19-10-7-14-5-3-2-4-6-14/h5,13,15H,2-4,6-12H2,1H3,(H2,18,21)(H,19,22)/t13-/m1/s1. The third-order valence-corrected chi connectivity index (χ3v) is 4.99. The molecule has 1 fully saturated rings. The highest BCUT2D eigenvalue weighted by Gasteiger charge is 2.28. The molecule has 2 amide bonds. The Morgan fingerprint density at radius 1 is 1.36 bits per heavy atom. The van der Waals surface area contributed by atoms with E-state index in [0.29, 0.717) is 0 Å². The third-order valence-electron chi connectivity index (χ3n) is 4.99. The van der Waals surface area contributed by atoms with Crippen LogP contribution in [0, 0.1) is 5.92 Å². The van der Waals surface area contributed by atoms with E-state index in [4.69, 9.17) is 5.73 Å². The summed E-state index contributed by atoms with van der Waals surface area (Å²) >= 11 is 0. The number of nitrogens with one attached hydrogen (secondary N) is 1. The van der Waals surface area contributed by atoms with Crippen molar-refractivity contribution in [3.05, 3.63) is 11.6 Å². The molecule has 0 saturated carbocycles. The minimum Gasteiger partial charge on any atom is -0.369 e. The molecule has 2 aliphatic rings. The molecular weight excluding hydrogens is 278 g/mol. The zero-order valence-electron chi connectivity index (χ0n) is 13.6. The maximum Gasteiger partial charge on any atom is 0.237 e. The van der Waals surface area contributed by atoms with E-state index >= 15 is 0 Å². The van der Waals surface area contributed by atoms with Crippen LogP contribution in [0.4, 0.5) is 0 Å². The van der Waals surface area contributed by atoms with Gasteiger partial charge in [0, 0.05) is 12.5 Å². The molecule has 3 N–H and O–H groups in total. The lowest BCUT2D eigenvalue weighted by atomic mass is 9.95. The van der Waals surface area contributed by atoms with Crippen molar-refractivity contribution in [2.45, 2.75) is 57.9 Å². The van der Waals surface area contributed by atoms with Gasteiger partial charge < -0.3 is 11.1 Å². The topological polar surface area (TPSA) is 75.4 Å². The zero-order valence-corrected chi connectivity index (χ0v) is 13.6. The van der Waals surface area contributed by atoms with Gasteiger partial charge in [0.1, 0.15) is 0 Å². The number of carbonyl (C=O) groups is 2. The largest absolute Gasteiger partial charge is 0.369 e. The number of amides is 2. The predicted molar refractivity (Wildman–Crippen MR) is 87.1 cm³/mol. The first-order valence-electron chi connectivity index (χ1n) is 8.57. The second-order valence-electron chi connectivity index (χ2n) is 6.54. The van der Waals surface area contributed by atoms with Gasteiger partial charge in [-0.05, 0) is 65.0 Å². The second-order valence-corrected chi connectivity index (χ2v) is 6.54. The fraction of sp³-hybridized carbons (Fsp3) is 0.765. The smallest absolute Gasteiger partial charge is 0.237 e. The maximum absolute atomic E-state index is 12.2. The zero-order chi connectivity index (χ0) is 15.9. The number of piperidine rings is 1. The van der Waals surface area contributed by atoms with Crippen LogP contribution in [0.25, 0.3) is 0 Å². The van der Waals surface area contributed by atoms with Crippen LogP contribution in [0.3, 0.4) is 0 Å². The Morgan fingerprint density at radius 2 is 2.09 bits per heavy atom. The average molecular weight is 307 g/mol. The second kappa shape index (κ2) is 8.32. The number of hydrogen-bond donors (Lipinski definition) is 2. The molecule has 0 aromatic heterocycles. The van der Waals surface area contributed by atoms with Gasteiger partial charge in [-0.2, -0.15) is 0 Å². The molecule has 0 spiro atoms. The third kappa shape index (κ3) is 4.83. The van der Waals surface area contributed by atoms with E-state index in [1.807, 2.05) is 6.92 Å². The highest BCUT2D eigenvalue weighted by molar-refractivity contribution is 5.81. The lowest BCUT2D eigenvalue weighted by Crippen LogP contribution is -2.49. The Balaban J connectivity index is 1.68. The van der Waals surface area contributed by atoms with Crippen molar-refractivity contribution in [2.24, 2.45) is 11.7 Å². The summed E-state index contributed by atoms with van der Waals surface area (Å²) in [6, 6.07) is -0.130. The molecule has 0 aromatic rings. The van der Waals surface area contributed by atoms with Crippen LogP contribution in [0.15, 0.2) is 11.6 Å². The van der Waals surface area contributed by atoms with E-state index in [0.717, 1.165) is 38.9 Å². The number of likely N-dealkylation sites (tertiary alicyclic amines) is 1. The van der Waals surface area contributed by atoms with Crippen molar-refractivity contribution in [3.8, 4) is 0 Å². The van der Waals surface area contributed by atoms with E-state index in [-0.39, 0.29) is 23.8 Å². The van der Waals surface area contributed by atoms with E-state index in [1.165, 1.54) is 31.3 Å². The first-order valence-corrected chi connectivity index (χ1v) is 8.57. The lowest BCUT2D eigenvalue weighted by molar-refractivity contribution is -0.127. The molecule has 0 radical (unpaired) electrons. The van der Waals surface area contributed by atoms with Crippen molar-refractivity contribution in [3.63, 3.8) is 0 Å². The number of rotatable bonds is 6. The van der Waals surface area contributed by atoms with E-state index in [9.17, 15) is 9.59 Å². The molecule has 0 unspecified atom stereocenters. The van der Waals surface area contributed by atoms with Crippen LogP contribution < -0.4 is 11.1 Å². The van der Waals surface area contributed by atoms with Gasteiger partial charge in [0.2, 0.25) is 11.8 Å². The SMILES string of the molecule is C[C@H](C(=O)NCCC1=CCCCC1)N1CCC(C(N)=O)CC1. The summed E-state index contributed by atoms with van der Waals surface area (Å²) in [4.78, 5) is 25.6. The highest BCUT2D eigenvalue weighted by atomic mass is 16.2.